The van der Waals surface area contributed by atoms with Crippen LogP contribution < -0.4 is 15.8 Å². The molecule has 118 valence electrons. The molecule has 1 aliphatic heterocycles. The first-order valence-electron chi connectivity index (χ1n) is 7.92. The van der Waals surface area contributed by atoms with Crippen molar-refractivity contribution >= 4 is 5.69 Å². The summed E-state index contributed by atoms with van der Waals surface area (Å²) >= 11 is 0. The SMILES string of the molecule is CC1CCCN(c2cnn(CCNC(C)(C)C)c(=O)c2)C1. The molecule has 5 nitrogen and oxygen atoms in total. The number of piperidine rings is 1. The van der Waals surface area contributed by atoms with Crippen molar-refractivity contribution in [1.82, 2.24) is 15.1 Å². The first-order chi connectivity index (χ1) is 9.85. The van der Waals surface area contributed by atoms with Crippen molar-refractivity contribution < 1.29 is 0 Å². The standard InChI is InChI=1S/C16H28N4O/c1-13-6-5-8-19(12-13)14-10-15(21)20(18-11-14)9-7-17-16(2,3)4/h10-11,13,17H,5-9,12H2,1-4H3. The van der Waals surface area contributed by atoms with Crippen LogP contribution in [0.1, 0.15) is 40.5 Å². The molecule has 0 radical (unpaired) electrons. The summed E-state index contributed by atoms with van der Waals surface area (Å²) in [6.07, 6.45) is 4.30. The molecular weight excluding hydrogens is 264 g/mol. The zero-order valence-electron chi connectivity index (χ0n) is 13.7. The number of aromatic nitrogens is 2. The summed E-state index contributed by atoms with van der Waals surface area (Å²) in [7, 11) is 0. The Morgan fingerprint density at radius 3 is 2.81 bits per heavy atom. The van der Waals surface area contributed by atoms with E-state index in [0.717, 1.165) is 25.3 Å². The molecule has 0 bridgehead atoms. The highest BCUT2D eigenvalue weighted by atomic mass is 16.1. The van der Waals surface area contributed by atoms with Crippen molar-refractivity contribution in [1.29, 1.82) is 0 Å². The summed E-state index contributed by atoms with van der Waals surface area (Å²) in [6.45, 7) is 12.0. The summed E-state index contributed by atoms with van der Waals surface area (Å²) in [4.78, 5) is 14.4. The molecule has 0 amide bonds. The van der Waals surface area contributed by atoms with Crippen molar-refractivity contribution in [2.75, 3.05) is 24.5 Å². The highest BCUT2D eigenvalue weighted by molar-refractivity contribution is 5.43. The van der Waals surface area contributed by atoms with Crippen molar-refractivity contribution in [3.63, 3.8) is 0 Å². The lowest BCUT2D eigenvalue weighted by atomic mass is 10.00. The van der Waals surface area contributed by atoms with Gasteiger partial charge in [0.1, 0.15) is 0 Å². The van der Waals surface area contributed by atoms with Gasteiger partial charge in [0, 0.05) is 31.2 Å². The molecule has 5 heteroatoms. The molecular formula is C16H28N4O. The number of hydrogen-bond donors (Lipinski definition) is 1. The average molecular weight is 292 g/mol. The minimum absolute atomic E-state index is 0.0126. The largest absolute Gasteiger partial charge is 0.370 e. The highest BCUT2D eigenvalue weighted by Gasteiger charge is 2.17. The number of nitrogens with one attached hydrogen (secondary N) is 1. The van der Waals surface area contributed by atoms with E-state index >= 15 is 0 Å². The molecule has 0 aliphatic carbocycles. The van der Waals surface area contributed by atoms with E-state index in [1.807, 2.05) is 6.20 Å². The maximum Gasteiger partial charge on any atom is 0.268 e. The lowest BCUT2D eigenvalue weighted by molar-refractivity contribution is 0.400. The maximum atomic E-state index is 12.2. The molecule has 1 atom stereocenters. The molecule has 1 aromatic rings. The minimum Gasteiger partial charge on any atom is -0.370 e. The first-order valence-corrected chi connectivity index (χ1v) is 7.92. The van der Waals surface area contributed by atoms with Gasteiger partial charge in [-0.15, -0.1) is 0 Å². The third-order valence-corrected chi connectivity index (χ3v) is 3.86. The van der Waals surface area contributed by atoms with Crippen molar-refractivity contribution in [3.8, 4) is 0 Å². The Morgan fingerprint density at radius 1 is 1.43 bits per heavy atom. The van der Waals surface area contributed by atoms with Gasteiger partial charge < -0.3 is 10.2 Å². The van der Waals surface area contributed by atoms with Crippen molar-refractivity contribution in [3.05, 3.63) is 22.6 Å². The lowest BCUT2D eigenvalue weighted by Gasteiger charge is -2.32. The van der Waals surface area contributed by atoms with Crippen LogP contribution in [0.4, 0.5) is 5.69 Å². The van der Waals surface area contributed by atoms with Gasteiger partial charge >= 0.3 is 0 Å². The van der Waals surface area contributed by atoms with Gasteiger partial charge in [0.15, 0.2) is 0 Å². The van der Waals surface area contributed by atoms with Gasteiger partial charge in [-0.25, -0.2) is 4.68 Å². The second kappa shape index (κ2) is 6.60. The van der Waals surface area contributed by atoms with Gasteiger partial charge in [-0.3, -0.25) is 4.79 Å². The monoisotopic (exact) mass is 292 g/mol. The molecule has 0 spiro atoms. The topological polar surface area (TPSA) is 50.2 Å². The van der Waals surface area contributed by atoms with Crippen LogP contribution in [0.25, 0.3) is 0 Å². The molecule has 0 aromatic carbocycles. The van der Waals surface area contributed by atoms with Crippen molar-refractivity contribution in [2.24, 2.45) is 5.92 Å². The summed E-state index contributed by atoms with van der Waals surface area (Å²) in [5, 5.41) is 7.69. The van der Waals surface area contributed by atoms with Crippen LogP contribution in [-0.2, 0) is 6.54 Å². The van der Waals surface area contributed by atoms with Crippen LogP contribution in [0.15, 0.2) is 17.1 Å². The van der Waals surface area contributed by atoms with E-state index in [4.69, 9.17) is 0 Å². The van der Waals surface area contributed by atoms with Gasteiger partial charge in [-0.05, 0) is 39.5 Å². The molecule has 0 saturated carbocycles. The summed E-state index contributed by atoms with van der Waals surface area (Å²) in [5.74, 6) is 0.692. The van der Waals surface area contributed by atoms with Gasteiger partial charge in [-0.1, -0.05) is 6.92 Å². The lowest BCUT2D eigenvalue weighted by Crippen LogP contribution is -2.40. The average Bonchev–Trinajstić information content (AvgIpc) is 2.39. The number of rotatable bonds is 4. The minimum atomic E-state index is -0.0126. The van der Waals surface area contributed by atoms with E-state index in [1.165, 1.54) is 17.5 Å². The van der Waals surface area contributed by atoms with Crippen molar-refractivity contribution in [2.45, 2.75) is 52.6 Å². The summed E-state index contributed by atoms with van der Waals surface area (Å²) in [5.41, 5.74) is 1.01. The van der Waals surface area contributed by atoms with Gasteiger partial charge in [0.05, 0.1) is 18.4 Å². The fourth-order valence-corrected chi connectivity index (χ4v) is 2.73. The quantitative estimate of drug-likeness (QED) is 0.920. The molecule has 1 N–H and O–H groups in total. The number of anilines is 1. The third kappa shape index (κ3) is 4.84. The fourth-order valence-electron chi connectivity index (χ4n) is 2.73. The molecule has 1 saturated heterocycles. The molecule has 1 fully saturated rings. The van der Waals surface area contributed by atoms with E-state index < -0.39 is 0 Å². The van der Waals surface area contributed by atoms with E-state index in [9.17, 15) is 4.79 Å². The first kappa shape index (κ1) is 16.0. The predicted octanol–water partition coefficient (Wildman–Crippen LogP) is 1.87. The zero-order chi connectivity index (χ0) is 15.5. The Kier molecular flexibility index (Phi) is 5.04. The van der Waals surface area contributed by atoms with Crippen LogP contribution in [-0.4, -0.2) is 35.0 Å². The highest BCUT2D eigenvalue weighted by Crippen LogP contribution is 2.20. The fraction of sp³-hybridized carbons (Fsp3) is 0.750. The van der Waals surface area contributed by atoms with Gasteiger partial charge in [0.2, 0.25) is 0 Å². The molecule has 1 aliphatic rings. The second-order valence-electron chi connectivity index (χ2n) is 7.15. The summed E-state index contributed by atoms with van der Waals surface area (Å²) < 4.78 is 1.54. The predicted molar refractivity (Wildman–Crippen MR) is 86.9 cm³/mol. The molecule has 21 heavy (non-hydrogen) atoms. The summed E-state index contributed by atoms with van der Waals surface area (Å²) in [6, 6.07) is 1.72. The Labute approximate surface area is 127 Å². The molecule has 1 unspecified atom stereocenters. The molecule has 1 aromatic heterocycles. The maximum absolute atomic E-state index is 12.2. The molecule has 2 rings (SSSR count). The van der Waals surface area contributed by atoms with E-state index in [1.54, 1.807) is 6.07 Å². The zero-order valence-corrected chi connectivity index (χ0v) is 13.7. The van der Waals surface area contributed by atoms with E-state index in [-0.39, 0.29) is 11.1 Å². The smallest absolute Gasteiger partial charge is 0.268 e. The van der Waals surface area contributed by atoms with Gasteiger partial charge in [0.25, 0.3) is 5.56 Å². The number of hydrogen-bond acceptors (Lipinski definition) is 4. The Morgan fingerprint density at radius 2 is 2.19 bits per heavy atom. The Hall–Kier alpha value is -1.36. The van der Waals surface area contributed by atoms with Crippen LogP contribution in [0, 0.1) is 5.92 Å². The molecule has 2 heterocycles. The Bertz CT molecular complexity index is 518. The normalized spacial score (nSPS) is 19.8. The third-order valence-electron chi connectivity index (χ3n) is 3.86. The van der Waals surface area contributed by atoms with Crippen LogP contribution >= 0.6 is 0 Å². The van der Waals surface area contributed by atoms with E-state index in [0.29, 0.717) is 12.5 Å². The van der Waals surface area contributed by atoms with Crippen LogP contribution in [0.2, 0.25) is 0 Å². The Balaban J connectivity index is 1.99. The van der Waals surface area contributed by atoms with Crippen LogP contribution in [0.5, 0.6) is 0 Å². The second-order valence-corrected chi connectivity index (χ2v) is 7.15. The van der Waals surface area contributed by atoms with Gasteiger partial charge in [-0.2, -0.15) is 5.10 Å². The van der Waals surface area contributed by atoms with E-state index in [2.05, 4.69) is 43.0 Å². The number of nitrogens with zero attached hydrogens (tertiary/aromatic N) is 3. The van der Waals surface area contributed by atoms with Crippen LogP contribution in [0.3, 0.4) is 0 Å².